The molecule has 0 atom stereocenters. The zero-order valence-electron chi connectivity index (χ0n) is 19.5. The van der Waals surface area contributed by atoms with E-state index in [0.29, 0.717) is 18.8 Å². The van der Waals surface area contributed by atoms with Crippen molar-refractivity contribution in [1.82, 2.24) is 15.0 Å². The number of aromatic nitrogens is 1. The van der Waals surface area contributed by atoms with Crippen LogP contribution in [0.3, 0.4) is 0 Å². The summed E-state index contributed by atoms with van der Waals surface area (Å²) in [5.41, 5.74) is 4.71. The van der Waals surface area contributed by atoms with Gasteiger partial charge in [-0.15, -0.1) is 0 Å². The summed E-state index contributed by atoms with van der Waals surface area (Å²) >= 11 is 0. The van der Waals surface area contributed by atoms with Crippen LogP contribution in [0.25, 0.3) is 0 Å². The van der Waals surface area contributed by atoms with Crippen molar-refractivity contribution in [3.05, 3.63) is 52.4 Å². The molecular weight excluding hydrogens is 390 g/mol. The number of likely N-dealkylation sites (N-methyl/N-ethyl adjacent to an activating group) is 1. The van der Waals surface area contributed by atoms with Crippen LogP contribution in [0.15, 0.2) is 28.8 Å². The molecule has 0 N–H and O–H groups in total. The van der Waals surface area contributed by atoms with Crippen molar-refractivity contribution < 1.29 is 14.1 Å². The molecule has 1 amide bonds. The number of methoxy groups -OCH3 is 1. The van der Waals surface area contributed by atoms with Crippen LogP contribution >= 0.6 is 0 Å². The third-order valence-electron chi connectivity index (χ3n) is 6.41. The fourth-order valence-corrected chi connectivity index (χ4v) is 4.39. The molecule has 3 rings (SSSR count). The van der Waals surface area contributed by atoms with E-state index < -0.39 is 0 Å². The lowest BCUT2D eigenvalue weighted by Gasteiger charge is -2.32. The van der Waals surface area contributed by atoms with E-state index >= 15 is 0 Å². The summed E-state index contributed by atoms with van der Waals surface area (Å²) in [6.45, 7) is 8.23. The van der Waals surface area contributed by atoms with Crippen molar-refractivity contribution in [2.75, 3.05) is 40.4 Å². The highest BCUT2D eigenvalue weighted by Gasteiger charge is 2.23. The number of carbonyl (C=O) groups is 1. The third kappa shape index (κ3) is 6.91. The molecule has 1 aromatic heterocycles. The molecule has 2 aromatic rings. The molecule has 2 heterocycles. The normalized spacial score (nSPS) is 15.1. The largest absolute Gasteiger partial charge is 0.383 e. The standard InChI is InChI=1S/C25H37N3O3/c1-19-24(20(2)31-26-19)9-10-25(29)28-13-11-22(12-14-28)17-21-5-7-23(8-6-21)18-27(3)15-16-30-4/h5-8,22H,9-18H2,1-4H3. The number of amides is 1. The second kappa shape index (κ2) is 11.4. The topological polar surface area (TPSA) is 58.8 Å². The molecule has 6 heteroatoms. The van der Waals surface area contributed by atoms with Gasteiger partial charge in [0, 0.05) is 45.3 Å². The van der Waals surface area contributed by atoms with Crippen LogP contribution in [0.1, 0.15) is 47.4 Å². The summed E-state index contributed by atoms with van der Waals surface area (Å²) in [6, 6.07) is 9.01. The zero-order valence-corrected chi connectivity index (χ0v) is 19.5. The highest BCUT2D eigenvalue weighted by Crippen LogP contribution is 2.23. The second-order valence-corrected chi connectivity index (χ2v) is 8.88. The number of piperidine rings is 1. The molecule has 1 saturated heterocycles. The summed E-state index contributed by atoms with van der Waals surface area (Å²) in [4.78, 5) is 16.9. The van der Waals surface area contributed by atoms with E-state index in [1.54, 1.807) is 7.11 Å². The molecular formula is C25H37N3O3. The lowest BCUT2D eigenvalue weighted by molar-refractivity contribution is -0.132. The van der Waals surface area contributed by atoms with Crippen molar-refractivity contribution in [2.45, 2.75) is 52.5 Å². The van der Waals surface area contributed by atoms with Gasteiger partial charge in [0.05, 0.1) is 12.3 Å². The molecule has 1 aliphatic heterocycles. The first-order valence-corrected chi connectivity index (χ1v) is 11.4. The summed E-state index contributed by atoms with van der Waals surface area (Å²) in [7, 11) is 3.86. The van der Waals surface area contributed by atoms with Crippen molar-refractivity contribution in [2.24, 2.45) is 5.92 Å². The quantitative estimate of drug-likeness (QED) is 0.577. The average molecular weight is 428 g/mol. The molecule has 0 bridgehead atoms. The Kier molecular flexibility index (Phi) is 8.67. The fourth-order valence-electron chi connectivity index (χ4n) is 4.39. The van der Waals surface area contributed by atoms with Gasteiger partial charge in [0.2, 0.25) is 5.91 Å². The monoisotopic (exact) mass is 427 g/mol. The number of rotatable bonds is 10. The maximum absolute atomic E-state index is 12.6. The SMILES string of the molecule is COCCN(C)Cc1ccc(CC2CCN(C(=O)CCc3c(C)noc3C)CC2)cc1. The van der Waals surface area contributed by atoms with Crippen molar-refractivity contribution in [1.29, 1.82) is 0 Å². The minimum atomic E-state index is 0.250. The Morgan fingerprint density at radius 1 is 1.19 bits per heavy atom. The molecule has 0 aliphatic carbocycles. The Morgan fingerprint density at radius 3 is 2.48 bits per heavy atom. The Labute approximate surface area is 186 Å². The number of carbonyl (C=O) groups excluding carboxylic acids is 1. The van der Waals surface area contributed by atoms with Gasteiger partial charge in [0.1, 0.15) is 5.76 Å². The van der Waals surface area contributed by atoms with Crippen LogP contribution in [-0.4, -0.2) is 61.3 Å². The fraction of sp³-hybridized carbons (Fsp3) is 0.600. The van der Waals surface area contributed by atoms with Crippen LogP contribution in [0, 0.1) is 19.8 Å². The van der Waals surface area contributed by atoms with Crippen LogP contribution in [0.4, 0.5) is 0 Å². The molecule has 31 heavy (non-hydrogen) atoms. The molecule has 1 aromatic carbocycles. The van der Waals surface area contributed by atoms with Gasteiger partial charge >= 0.3 is 0 Å². The van der Waals surface area contributed by atoms with Gasteiger partial charge in [-0.25, -0.2) is 0 Å². The highest BCUT2D eigenvalue weighted by atomic mass is 16.5. The van der Waals surface area contributed by atoms with E-state index in [2.05, 4.69) is 41.4 Å². The van der Waals surface area contributed by atoms with Gasteiger partial charge < -0.3 is 14.2 Å². The first kappa shape index (κ1) is 23.5. The van der Waals surface area contributed by atoms with Gasteiger partial charge in [0.25, 0.3) is 0 Å². The van der Waals surface area contributed by atoms with Crippen LogP contribution in [-0.2, 0) is 28.9 Å². The maximum Gasteiger partial charge on any atom is 0.222 e. The van der Waals surface area contributed by atoms with Crippen molar-refractivity contribution >= 4 is 5.91 Å². The second-order valence-electron chi connectivity index (χ2n) is 8.88. The molecule has 0 radical (unpaired) electrons. The van der Waals surface area contributed by atoms with Gasteiger partial charge in [0.15, 0.2) is 0 Å². The molecule has 170 valence electrons. The predicted molar refractivity (Wildman–Crippen MR) is 122 cm³/mol. The lowest BCUT2D eigenvalue weighted by atomic mass is 9.89. The number of hydrogen-bond acceptors (Lipinski definition) is 5. The smallest absolute Gasteiger partial charge is 0.222 e. The van der Waals surface area contributed by atoms with E-state index in [9.17, 15) is 4.79 Å². The molecule has 1 fully saturated rings. The maximum atomic E-state index is 12.6. The molecule has 0 unspecified atom stereocenters. The zero-order chi connectivity index (χ0) is 22.2. The van der Waals surface area contributed by atoms with E-state index in [4.69, 9.17) is 9.26 Å². The van der Waals surface area contributed by atoms with Crippen LogP contribution < -0.4 is 0 Å². The number of hydrogen-bond donors (Lipinski definition) is 0. The molecule has 6 nitrogen and oxygen atoms in total. The predicted octanol–water partition coefficient (Wildman–Crippen LogP) is 3.78. The van der Waals surface area contributed by atoms with Gasteiger partial charge in [-0.3, -0.25) is 9.69 Å². The Morgan fingerprint density at radius 2 is 1.87 bits per heavy atom. The molecule has 0 spiro atoms. The van der Waals surface area contributed by atoms with Gasteiger partial charge in [-0.1, -0.05) is 29.4 Å². The number of likely N-dealkylation sites (tertiary alicyclic amines) is 1. The summed E-state index contributed by atoms with van der Waals surface area (Å²) in [5.74, 6) is 1.74. The lowest BCUT2D eigenvalue weighted by Crippen LogP contribution is -2.39. The number of benzene rings is 1. The van der Waals surface area contributed by atoms with Crippen molar-refractivity contribution in [3.8, 4) is 0 Å². The Bertz CT molecular complexity index is 804. The van der Waals surface area contributed by atoms with Gasteiger partial charge in [-0.2, -0.15) is 0 Å². The summed E-state index contributed by atoms with van der Waals surface area (Å²) in [6.07, 6.45) is 4.51. The van der Waals surface area contributed by atoms with Crippen LogP contribution in [0.5, 0.6) is 0 Å². The van der Waals surface area contributed by atoms with Gasteiger partial charge in [-0.05, 0) is 63.6 Å². The average Bonchev–Trinajstić information content (AvgIpc) is 3.09. The first-order valence-electron chi connectivity index (χ1n) is 11.4. The minimum Gasteiger partial charge on any atom is -0.383 e. The summed E-state index contributed by atoms with van der Waals surface area (Å²) in [5, 5.41) is 3.98. The molecule has 0 saturated carbocycles. The van der Waals surface area contributed by atoms with E-state index in [1.807, 2.05) is 18.7 Å². The van der Waals surface area contributed by atoms with E-state index in [0.717, 1.165) is 69.1 Å². The number of aryl methyl sites for hydroxylation is 2. The highest BCUT2D eigenvalue weighted by molar-refractivity contribution is 5.76. The Balaban J connectivity index is 1.40. The number of ether oxygens (including phenoxy) is 1. The first-order chi connectivity index (χ1) is 15.0. The van der Waals surface area contributed by atoms with Crippen LogP contribution in [0.2, 0.25) is 0 Å². The molecule has 1 aliphatic rings. The Hall–Kier alpha value is -2.18. The summed E-state index contributed by atoms with van der Waals surface area (Å²) < 4.78 is 10.3. The minimum absolute atomic E-state index is 0.250. The van der Waals surface area contributed by atoms with Crippen molar-refractivity contribution in [3.63, 3.8) is 0 Å². The third-order valence-corrected chi connectivity index (χ3v) is 6.41. The van der Waals surface area contributed by atoms with E-state index in [-0.39, 0.29) is 5.91 Å². The number of nitrogens with zero attached hydrogens (tertiary/aromatic N) is 3. The van der Waals surface area contributed by atoms with E-state index in [1.165, 1.54) is 11.1 Å².